The predicted octanol–water partition coefficient (Wildman–Crippen LogP) is 4.11. The second-order valence-electron chi connectivity index (χ2n) is 4.94. The fraction of sp³-hybridized carbons (Fsp3) is 0.294. The first-order chi connectivity index (χ1) is 9.18. The van der Waals surface area contributed by atoms with E-state index in [0.29, 0.717) is 0 Å². The minimum Gasteiger partial charge on any atom is -0.314 e. The van der Waals surface area contributed by atoms with Crippen molar-refractivity contribution in [3.63, 3.8) is 0 Å². The van der Waals surface area contributed by atoms with Crippen LogP contribution in [0.3, 0.4) is 0 Å². The number of aryl methyl sites for hydroxylation is 1. The minimum atomic E-state index is -2.48. The fourth-order valence-corrected chi connectivity index (χ4v) is 5.57. The molecular formula is C17H21OP. The first kappa shape index (κ1) is 14.1. The molecule has 0 aliphatic rings. The summed E-state index contributed by atoms with van der Waals surface area (Å²) in [6, 6.07) is 18.0. The van der Waals surface area contributed by atoms with Gasteiger partial charge in [0.05, 0.1) is 0 Å². The monoisotopic (exact) mass is 272 g/mol. The topological polar surface area (TPSA) is 17.1 Å². The molecule has 2 aromatic rings. The second kappa shape index (κ2) is 6.21. The van der Waals surface area contributed by atoms with Gasteiger partial charge in [0.15, 0.2) is 0 Å². The molecule has 0 fully saturated rings. The standard InChI is InChI=1S/C17H21OP/c1-3-4-14-19(18,16-11-6-5-7-12-16)17-13-9-8-10-15(17)2/h5-13H,3-4,14H2,1-2H3/t19-/m0/s1. The van der Waals surface area contributed by atoms with Gasteiger partial charge in [-0.15, -0.1) is 0 Å². The molecule has 0 radical (unpaired) electrons. The highest BCUT2D eigenvalue weighted by molar-refractivity contribution is 7.78. The fourth-order valence-electron chi connectivity index (χ4n) is 2.41. The summed E-state index contributed by atoms with van der Waals surface area (Å²) in [5, 5.41) is 2.01. The summed E-state index contributed by atoms with van der Waals surface area (Å²) in [6.45, 7) is 4.20. The Kier molecular flexibility index (Phi) is 4.61. The summed E-state index contributed by atoms with van der Waals surface area (Å²) in [5.74, 6) is 0. The van der Waals surface area contributed by atoms with Crippen molar-refractivity contribution in [3.05, 3.63) is 60.2 Å². The predicted molar refractivity (Wildman–Crippen MR) is 84.3 cm³/mol. The highest BCUT2D eigenvalue weighted by Gasteiger charge is 2.27. The van der Waals surface area contributed by atoms with Gasteiger partial charge in [-0.3, -0.25) is 0 Å². The summed E-state index contributed by atoms with van der Waals surface area (Å²) in [7, 11) is -2.48. The molecule has 0 saturated carbocycles. The van der Waals surface area contributed by atoms with Gasteiger partial charge in [0.2, 0.25) is 0 Å². The molecule has 2 heteroatoms. The molecule has 2 rings (SSSR count). The lowest BCUT2D eigenvalue weighted by Crippen LogP contribution is -2.20. The third-order valence-electron chi connectivity index (χ3n) is 3.50. The van der Waals surface area contributed by atoms with E-state index in [-0.39, 0.29) is 0 Å². The van der Waals surface area contributed by atoms with Crippen molar-refractivity contribution < 1.29 is 4.57 Å². The van der Waals surface area contributed by atoms with Crippen molar-refractivity contribution in [2.75, 3.05) is 6.16 Å². The quantitative estimate of drug-likeness (QED) is 0.749. The molecule has 0 unspecified atom stereocenters. The molecule has 0 bridgehead atoms. The lowest BCUT2D eigenvalue weighted by molar-refractivity contribution is 0.585. The Morgan fingerprint density at radius 3 is 2.21 bits per heavy atom. The van der Waals surface area contributed by atoms with Gasteiger partial charge in [0, 0.05) is 16.8 Å². The lowest BCUT2D eigenvalue weighted by Gasteiger charge is -2.21. The van der Waals surface area contributed by atoms with Crippen molar-refractivity contribution in [1.29, 1.82) is 0 Å². The van der Waals surface area contributed by atoms with Gasteiger partial charge in [-0.1, -0.05) is 67.9 Å². The molecule has 0 saturated heterocycles. The van der Waals surface area contributed by atoms with Crippen molar-refractivity contribution in [2.24, 2.45) is 0 Å². The van der Waals surface area contributed by atoms with E-state index in [0.717, 1.165) is 35.2 Å². The highest BCUT2D eigenvalue weighted by Crippen LogP contribution is 2.44. The lowest BCUT2D eigenvalue weighted by atomic mass is 10.2. The van der Waals surface area contributed by atoms with Crippen molar-refractivity contribution in [2.45, 2.75) is 26.7 Å². The molecule has 1 atom stereocenters. The third kappa shape index (κ3) is 2.98. The molecule has 0 N–H and O–H groups in total. The molecule has 100 valence electrons. The summed E-state index contributed by atoms with van der Waals surface area (Å²) in [6.07, 6.45) is 2.83. The van der Waals surface area contributed by atoms with Crippen LogP contribution in [0.15, 0.2) is 54.6 Å². The summed E-state index contributed by atoms with van der Waals surface area (Å²) in [5.41, 5.74) is 1.13. The Bertz CT molecular complexity index is 575. The maximum atomic E-state index is 13.6. The SMILES string of the molecule is CCCC[P@](=O)(c1ccccc1)c1ccccc1C. The zero-order valence-electron chi connectivity index (χ0n) is 11.7. The summed E-state index contributed by atoms with van der Waals surface area (Å²) >= 11 is 0. The van der Waals surface area contributed by atoms with E-state index in [9.17, 15) is 4.57 Å². The zero-order chi connectivity index (χ0) is 13.7. The smallest absolute Gasteiger partial charge is 0.143 e. The van der Waals surface area contributed by atoms with E-state index in [2.05, 4.69) is 19.9 Å². The van der Waals surface area contributed by atoms with Crippen LogP contribution in [0.25, 0.3) is 0 Å². The third-order valence-corrected chi connectivity index (χ3v) is 6.86. The number of unbranched alkanes of at least 4 members (excludes halogenated alkanes) is 1. The van der Waals surface area contributed by atoms with Gasteiger partial charge in [-0.25, -0.2) is 0 Å². The average molecular weight is 272 g/mol. The zero-order valence-corrected chi connectivity index (χ0v) is 12.6. The Balaban J connectivity index is 2.53. The van der Waals surface area contributed by atoms with Crippen molar-refractivity contribution >= 4 is 17.8 Å². The molecule has 0 heterocycles. The van der Waals surface area contributed by atoms with Crippen LogP contribution in [0.4, 0.5) is 0 Å². The van der Waals surface area contributed by atoms with E-state index < -0.39 is 7.14 Å². The molecular weight excluding hydrogens is 251 g/mol. The molecule has 0 aromatic heterocycles. The molecule has 0 amide bonds. The second-order valence-corrected chi connectivity index (χ2v) is 7.86. The Hall–Kier alpha value is -1.33. The van der Waals surface area contributed by atoms with Crippen LogP contribution >= 0.6 is 7.14 Å². The molecule has 2 aromatic carbocycles. The number of rotatable bonds is 5. The van der Waals surface area contributed by atoms with Gasteiger partial charge >= 0.3 is 0 Å². The van der Waals surface area contributed by atoms with Crippen molar-refractivity contribution in [1.82, 2.24) is 0 Å². The van der Waals surface area contributed by atoms with Crippen LogP contribution in [0, 0.1) is 6.92 Å². The van der Waals surface area contributed by atoms with Crippen LogP contribution in [0.5, 0.6) is 0 Å². The van der Waals surface area contributed by atoms with Gasteiger partial charge in [-0.05, 0) is 18.9 Å². The molecule has 0 aliphatic carbocycles. The van der Waals surface area contributed by atoms with E-state index in [1.807, 2.05) is 48.5 Å². The maximum absolute atomic E-state index is 13.6. The Labute approximate surface area is 116 Å². The van der Waals surface area contributed by atoms with Gasteiger partial charge in [0.25, 0.3) is 0 Å². The maximum Gasteiger partial charge on any atom is 0.143 e. The largest absolute Gasteiger partial charge is 0.314 e. The normalized spacial score (nSPS) is 14.0. The van der Waals surface area contributed by atoms with Crippen LogP contribution < -0.4 is 10.6 Å². The van der Waals surface area contributed by atoms with Crippen molar-refractivity contribution in [3.8, 4) is 0 Å². The first-order valence-electron chi connectivity index (χ1n) is 6.89. The van der Waals surface area contributed by atoms with Crippen LogP contribution in [0.2, 0.25) is 0 Å². The minimum absolute atomic E-state index is 0.762. The van der Waals surface area contributed by atoms with E-state index in [1.165, 1.54) is 0 Å². The van der Waals surface area contributed by atoms with E-state index in [4.69, 9.17) is 0 Å². The average Bonchev–Trinajstić information content (AvgIpc) is 2.46. The van der Waals surface area contributed by atoms with Crippen LogP contribution in [-0.2, 0) is 4.57 Å². The van der Waals surface area contributed by atoms with Gasteiger partial charge in [0.1, 0.15) is 7.14 Å². The number of hydrogen-bond donors (Lipinski definition) is 0. The Morgan fingerprint density at radius 2 is 1.58 bits per heavy atom. The Morgan fingerprint density at radius 1 is 0.947 bits per heavy atom. The van der Waals surface area contributed by atoms with Crippen LogP contribution in [-0.4, -0.2) is 6.16 Å². The van der Waals surface area contributed by atoms with Crippen LogP contribution in [0.1, 0.15) is 25.3 Å². The number of hydrogen-bond acceptors (Lipinski definition) is 1. The number of benzene rings is 2. The highest BCUT2D eigenvalue weighted by atomic mass is 31.2. The van der Waals surface area contributed by atoms with E-state index >= 15 is 0 Å². The summed E-state index contributed by atoms with van der Waals surface area (Å²) in [4.78, 5) is 0. The molecule has 0 aliphatic heterocycles. The summed E-state index contributed by atoms with van der Waals surface area (Å²) < 4.78 is 13.6. The molecule has 19 heavy (non-hydrogen) atoms. The van der Waals surface area contributed by atoms with E-state index in [1.54, 1.807) is 0 Å². The molecule has 1 nitrogen and oxygen atoms in total. The first-order valence-corrected chi connectivity index (χ1v) is 8.78. The molecule has 0 spiro atoms. The van der Waals surface area contributed by atoms with Gasteiger partial charge < -0.3 is 4.57 Å². The van der Waals surface area contributed by atoms with Gasteiger partial charge in [-0.2, -0.15) is 0 Å².